The van der Waals surface area contributed by atoms with E-state index in [4.69, 9.17) is 10.5 Å². The lowest BCUT2D eigenvalue weighted by Gasteiger charge is -2.02. The number of hydrogen-bond donors (Lipinski definition) is 2. The summed E-state index contributed by atoms with van der Waals surface area (Å²) in [6, 6.07) is 3.61. The lowest BCUT2D eigenvalue weighted by Crippen LogP contribution is -2.25. The second kappa shape index (κ2) is 5.26. The van der Waals surface area contributed by atoms with Crippen molar-refractivity contribution in [3.05, 3.63) is 24.0 Å². The Balaban J connectivity index is 2.77. The minimum absolute atomic E-state index is 0.128. The van der Waals surface area contributed by atoms with Crippen molar-refractivity contribution in [1.29, 1.82) is 0 Å². The largest absolute Gasteiger partial charge is 0.495 e. The molecule has 6 heteroatoms. The fourth-order valence-corrected chi connectivity index (χ4v) is 0.957. The fraction of sp³-hybridized carbons (Fsp3) is 0.222. The maximum Gasteiger partial charge on any atom is 0.184 e. The molecule has 0 aromatic carbocycles. The predicted octanol–water partition coefficient (Wildman–Crippen LogP) is 0.647. The van der Waals surface area contributed by atoms with Crippen LogP contribution in [0.15, 0.2) is 23.4 Å². The highest BCUT2D eigenvalue weighted by molar-refractivity contribution is 7.80. The van der Waals surface area contributed by atoms with Gasteiger partial charge in [0, 0.05) is 0 Å². The first-order chi connectivity index (χ1) is 7.13. The molecule has 0 saturated heterocycles. The number of nitrogens with one attached hydrogen (secondary N) is 1. The zero-order chi connectivity index (χ0) is 11.3. The number of thiocarbonyl (C=S) groups is 1. The molecule has 15 heavy (non-hydrogen) atoms. The maximum atomic E-state index is 5.24. The van der Waals surface area contributed by atoms with Crippen LogP contribution in [-0.4, -0.2) is 22.9 Å². The molecule has 0 saturated carbocycles. The van der Waals surface area contributed by atoms with Crippen LogP contribution in [0.25, 0.3) is 0 Å². The van der Waals surface area contributed by atoms with Gasteiger partial charge in [-0.1, -0.05) is 0 Å². The van der Waals surface area contributed by atoms with Crippen LogP contribution in [0.3, 0.4) is 0 Å². The standard InChI is InChI=1S/C9H12N4OS/c1-6(12-13-9(10)15)8-4-3-7(14-2)5-11-8/h3-5H,1-2H3,(H3,10,13,15)/b12-6+. The summed E-state index contributed by atoms with van der Waals surface area (Å²) < 4.78 is 4.99. The number of pyridine rings is 1. The maximum absolute atomic E-state index is 5.24. The van der Waals surface area contributed by atoms with Crippen LogP contribution in [0.5, 0.6) is 5.75 Å². The molecule has 1 rings (SSSR count). The van der Waals surface area contributed by atoms with E-state index in [1.54, 1.807) is 26.3 Å². The van der Waals surface area contributed by atoms with Gasteiger partial charge in [0.1, 0.15) is 5.75 Å². The van der Waals surface area contributed by atoms with Crippen molar-refractivity contribution in [2.24, 2.45) is 10.8 Å². The van der Waals surface area contributed by atoms with Gasteiger partial charge in [-0.2, -0.15) is 5.10 Å². The van der Waals surface area contributed by atoms with Crippen LogP contribution < -0.4 is 15.9 Å². The minimum atomic E-state index is 0.128. The highest BCUT2D eigenvalue weighted by Crippen LogP contribution is 2.08. The Morgan fingerprint density at radius 1 is 1.60 bits per heavy atom. The van der Waals surface area contributed by atoms with Crippen molar-refractivity contribution in [2.45, 2.75) is 6.92 Å². The molecular weight excluding hydrogens is 212 g/mol. The van der Waals surface area contributed by atoms with E-state index in [-0.39, 0.29) is 5.11 Å². The van der Waals surface area contributed by atoms with Gasteiger partial charge in [0.15, 0.2) is 5.11 Å². The average Bonchev–Trinajstić information content (AvgIpc) is 2.26. The predicted molar refractivity (Wildman–Crippen MR) is 62.9 cm³/mol. The Labute approximate surface area is 93.3 Å². The third kappa shape index (κ3) is 3.51. The number of aromatic nitrogens is 1. The first-order valence-corrected chi connectivity index (χ1v) is 4.64. The Bertz CT molecular complexity index is 374. The van der Waals surface area contributed by atoms with Crippen LogP contribution >= 0.6 is 12.2 Å². The van der Waals surface area contributed by atoms with Crippen LogP contribution in [-0.2, 0) is 0 Å². The van der Waals surface area contributed by atoms with Crippen molar-refractivity contribution >= 4 is 23.0 Å². The lowest BCUT2D eigenvalue weighted by atomic mass is 10.2. The molecule has 0 atom stereocenters. The number of nitrogens with zero attached hydrogens (tertiary/aromatic N) is 2. The topological polar surface area (TPSA) is 72.5 Å². The van der Waals surface area contributed by atoms with E-state index in [0.29, 0.717) is 11.5 Å². The van der Waals surface area contributed by atoms with Gasteiger partial charge in [-0.25, -0.2) is 0 Å². The summed E-state index contributed by atoms with van der Waals surface area (Å²) in [4.78, 5) is 4.15. The third-order valence-corrected chi connectivity index (χ3v) is 1.77. The molecule has 0 aliphatic carbocycles. The highest BCUT2D eigenvalue weighted by atomic mass is 32.1. The monoisotopic (exact) mass is 224 g/mol. The zero-order valence-corrected chi connectivity index (χ0v) is 9.34. The molecule has 0 aliphatic rings. The second-order valence-electron chi connectivity index (χ2n) is 2.76. The van der Waals surface area contributed by atoms with E-state index in [1.807, 2.05) is 6.07 Å². The Morgan fingerprint density at radius 2 is 2.33 bits per heavy atom. The molecule has 0 fully saturated rings. The number of hydrogen-bond acceptors (Lipinski definition) is 4. The van der Waals surface area contributed by atoms with Gasteiger partial charge in [0.25, 0.3) is 0 Å². The van der Waals surface area contributed by atoms with E-state index < -0.39 is 0 Å². The molecule has 1 aromatic rings. The molecule has 5 nitrogen and oxygen atoms in total. The SMILES string of the molecule is COc1ccc(/C(C)=N/NC(N)=S)nc1. The molecular formula is C9H12N4OS. The van der Waals surface area contributed by atoms with Gasteiger partial charge < -0.3 is 10.5 Å². The zero-order valence-electron chi connectivity index (χ0n) is 8.52. The molecule has 1 heterocycles. The summed E-state index contributed by atoms with van der Waals surface area (Å²) >= 11 is 4.62. The van der Waals surface area contributed by atoms with Crippen molar-refractivity contribution in [3.8, 4) is 5.75 Å². The third-order valence-electron chi connectivity index (χ3n) is 1.68. The van der Waals surface area contributed by atoms with E-state index in [0.717, 1.165) is 5.69 Å². The smallest absolute Gasteiger partial charge is 0.184 e. The van der Waals surface area contributed by atoms with Gasteiger partial charge in [-0.3, -0.25) is 10.4 Å². The van der Waals surface area contributed by atoms with E-state index in [9.17, 15) is 0 Å². The van der Waals surface area contributed by atoms with Gasteiger partial charge in [-0.05, 0) is 31.3 Å². The molecule has 80 valence electrons. The first-order valence-electron chi connectivity index (χ1n) is 4.23. The molecule has 0 bridgehead atoms. The molecule has 3 N–H and O–H groups in total. The van der Waals surface area contributed by atoms with Crippen molar-refractivity contribution < 1.29 is 4.74 Å². The molecule has 0 amide bonds. The van der Waals surface area contributed by atoms with Crippen LogP contribution in [0.2, 0.25) is 0 Å². The summed E-state index contributed by atoms with van der Waals surface area (Å²) in [6.07, 6.45) is 1.62. The number of rotatable bonds is 3. The summed E-state index contributed by atoms with van der Waals surface area (Å²) in [6.45, 7) is 1.81. The van der Waals surface area contributed by atoms with Gasteiger partial charge in [0.05, 0.1) is 24.7 Å². The van der Waals surface area contributed by atoms with Crippen LogP contribution in [0, 0.1) is 0 Å². The van der Waals surface area contributed by atoms with E-state index in [2.05, 4.69) is 27.7 Å². The average molecular weight is 224 g/mol. The number of ether oxygens (including phenoxy) is 1. The molecule has 0 radical (unpaired) electrons. The van der Waals surface area contributed by atoms with Gasteiger partial charge in [0.2, 0.25) is 0 Å². The van der Waals surface area contributed by atoms with E-state index >= 15 is 0 Å². The van der Waals surface area contributed by atoms with Gasteiger partial charge in [-0.15, -0.1) is 0 Å². The molecule has 1 aromatic heterocycles. The van der Waals surface area contributed by atoms with Crippen molar-refractivity contribution in [3.63, 3.8) is 0 Å². The Kier molecular flexibility index (Phi) is 3.99. The summed E-state index contributed by atoms with van der Waals surface area (Å²) in [5.74, 6) is 0.703. The fourth-order valence-electron chi connectivity index (χ4n) is 0.911. The number of methoxy groups -OCH3 is 1. The van der Waals surface area contributed by atoms with Crippen molar-refractivity contribution in [1.82, 2.24) is 10.4 Å². The molecule has 0 unspecified atom stereocenters. The normalized spacial score (nSPS) is 10.9. The van der Waals surface area contributed by atoms with Crippen molar-refractivity contribution in [2.75, 3.05) is 7.11 Å². The quantitative estimate of drug-likeness (QED) is 0.448. The second-order valence-corrected chi connectivity index (χ2v) is 3.20. The lowest BCUT2D eigenvalue weighted by molar-refractivity contribution is 0.413. The summed E-state index contributed by atoms with van der Waals surface area (Å²) in [5, 5.41) is 4.07. The summed E-state index contributed by atoms with van der Waals surface area (Å²) in [7, 11) is 1.59. The summed E-state index contributed by atoms with van der Waals surface area (Å²) in [5.41, 5.74) is 9.17. The van der Waals surface area contributed by atoms with Gasteiger partial charge >= 0.3 is 0 Å². The van der Waals surface area contributed by atoms with Crippen LogP contribution in [0.1, 0.15) is 12.6 Å². The Morgan fingerprint density at radius 3 is 2.80 bits per heavy atom. The Hall–Kier alpha value is -1.69. The molecule has 0 aliphatic heterocycles. The van der Waals surface area contributed by atoms with Crippen LogP contribution in [0.4, 0.5) is 0 Å². The van der Waals surface area contributed by atoms with E-state index in [1.165, 1.54) is 0 Å². The first kappa shape index (κ1) is 11.4. The minimum Gasteiger partial charge on any atom is -0.495 e. The molecule has 0 spiro atoms. The number of hydrazone groups is 1. The highest BCUT2D eigenvalue weighted by Gasteiger charge is 1.99. The number of nitrogens with two attached hydrogens (primary N) is 1.